The van der Waals surface area contributed by atoms with Crippen LogP contribution >= 0.6 is 0 Å². The molecule has 0 unspecified atom stereocenters. The van der Waals surface area contributed by atoms with Crippen molar-refractivity contribution in [3.05, 3.63) is 0 Å². The predicted octanol–water partition coefficient (Wildman–Crippen LogP) is 1.63. The molecule has 0 heterocycles. The average molecular weight is 217 g/mol. The lowest BCUT2D eigenvalue weighted by molar-refractivity contribution is -0.138. The number of nitrogens with two attached hydrogens (primary N) is 1. The summed E-state index contributed by atoms with van der Waals surface area (Å²) in [5, 5.41) is 8.66. The molecule has 4 heteroatoms. The molecule has 0 aromatic heterocycles. The molecule has 0 aromatic rings. The van der Waals surface area contributed by atoms with Crippen LogP contribution in [0, 0.1) is 5.92 Å². The summed E-state index contributed by atoms with van der Waals surface area (Å²) in [6.45, 7) is 8.30. The Morgan fingerprint density at radius 3 is 2.33 bits per heavy atom. The molecule has 0 rings (SSSR count). The minimum absolute atomic E-state index is 0.000139. The van der Waals surface area contributed by atoms with Crippen molar-refractivity contribution in [1.82, 2.24) is 0 Å². The van der Waals surface area contributed by atoms with E-state index >= 15 is 0 Å². The van der Waals surface area contributed by atoms with Crippen LogP contribution in [0.4, 0.5) is 0 Å². The number of carbonyl (C=O) groups is 1. The summed E-state index contributed by atoms with van der Waals surface area (Å²) in [7, 11) is 0. The number of hydrogen-bond acceptors (Lipinski definition) is 3. The molecule has 15 heavy (non-hydrogen) atoms. The third-order valence-corrected chi connectivity index (χ3v) is 2.02. The van der Waals surface area contributed by atoms with E-state index < -0.39 is 5.97 Å². The van der Waals surface area contributed by atoms with E-state index in [0.717, 1.165) is 0 Å². The Kier molecular flexibility index (Phi) is 5.83. The van der Waals surface area contributed by atoms with Gasteiger partial charge in [-0.25, -0.2) is 0 Å². The Morgan fingerprint density at radius 1 is 1.47 bits per heavy atom. The van der Waals surface area contributed by atoms with Gasteiger partial charge < -0.3 is 15.6 Å². The number of aliphatic carboxylic acids is 1. The van der Waals surface area contributed by atoms with Gasteiger partial charge in [-0.1, -0.05) is 0 Å². The fraction of sp³-hybridized carbons (Fsp3) is 0.909. The molecule has 0 aromatic carbocycles. The molecule has 4 nitrogen and oxygen atoms in total. The normalized spacial score (nSPS) is 16.1. The zero-order chi connectivity index (χ0) is 12.1. The first-order valence-corrected chi connectivity index (χ1v) is 5.34. The van der Waals surface area contributed by atoms with Crippen LogP contribution in [-0.4, -0.2) is 29.3 Å². The number of hydrogen-bond donors (Lipinski definition) is 2. The van der Waals surface area contributed by atoms with Gasteiger partial charge in [0.25, 0.3) is 0 Å². The van der Waals surface area contributed by atoms with Gasteiger partial charge in [-0.15, -0.1) is 0 Å². The van der Waals surface area contributed by atoms with E-state index in [1.54, 1.807) is 0 Å². The van der Waals surface area contributed by atoms with Crippen molar-refractivity contribution < 1.29 is 14.6 Å². The molecule has 90 valence electrons. The van der Waals surface area contributed by atoms with E-state index in [4.69, 9.17) is 15.6 Å². The summed E-state index contributed by atoms with van der Waals surface area (Å²) in [6, 6.07) is 0. The van der Waals surface area contributed by atoms with Crippen molar-refractivity contribution in [1.29, 1.82) is 0 Å². The van der Waals surface area contributed by atoms with Crippen LogP contribution in [0.2, 0.25) is 0 Å². The molecule has 0 aliphatic heterocycles. The SMILES string of the molecule is C[C@@H](C[C@H](CN)CC(=O)O)OC(C)(C)C. The van der Waals surface area contributed by atoms with Gasteiger partial charge in [0.1, 0.15) is 0 Å². The summed E-state index contributed by atoms with van der Waals surface area (Å²) in [5.41, 5.74) is 5.32. The van der Waals surface area contributed by atoms with Crippen LogP contribution in [0.15, 0.2) is 0 Å². The van der Waals surface area contributed by atoms with Crippen molar-refractivity contribution in [2.24, 2.45) is 11.7 Å². The van der Waals surface area contributed by atoms with Gasteiger partial charge in [0.05, 0.1) is 11.7 Å². The summed E-state index contributed by atoms with van der Waals surface area (Å²) < 4.78 is 5.70. The molecular weight excluding hydrogens is 194 g/mol. The first-order valence-electron chi connectivity index (χ1n) is 5.34. The van der Waals surface area contributed by atoms with Crippen LogP contribution in [-0.2, 0) is 9.53 Å². The molecule has 0 fully saturated rings. The van der Waals surface area contributed by atoms with Gasteiger partial charge in [-0.3, -0.25) is 4.79 Å². The molecule has 0 aliphatic rings. The van der Waals surface area contributed by atoms with Crippen LogP contribution < -0.4 is 5.73 Å². The zero-order valence-electron chi connectivity index (χ0n) is 10.1. The predicted molar refractivity (Wildman–Crippen MR) is 59.7 cm³/mol. The van der Waals surface area contributed by atoms with E-state index in [1.165, 1.54) is 0 Å². The van der Waals surface area contributed by atoms with Crippen LogP contribution in [0.1, 0.15) is 40.5 Å². The van der Waals surface area contributed by atoms with Crippen molar-refractivity contribution >= 4 is 5.97 Å². The van der Waals surface area contributed by atoms with Gasteiger partial charge in [0.2, 0.25) is 0 Å². The minimum atomic E-state index is -0.798. The highest BCUT2D eigenvalue weighted by Gasteiger charge is 2.20. The highest BCUT2D eigenvalue weighted by atomic mass is 16.5. The molecule has 0 saturated heterocycles. The minimum Gasteiger partial charge on any atom is -0.481 e. The number of rotatable bonds is 6. The van der Waals surface area contributed by atoms with Gasteiger partial charge in [0, 0.05) is 6.42 Å². The Morgan fingerprint density at radius 2 is 2.00 bits per heavy atom. The quantitative estimate of drug-likeness (QED) is 0.709. The third kappa shape index (κ3) is 8.39. The third-order valence-electron chi connectivity index (χ3n) is 2.02. The smallest absolute Gasteiger partial charge is 0.303 e. The maximum atomic E-state index is 10.5. The molecule has 0 aliphatic carbocycles. The molecule has 0 bridgehead atoms. The van der Waals surface area contributed by atoms with Crippen molar-refractivity contribution in [3.8, 4) is 0 Å². The first kappa shape index (κ1) is 14.4. The Bertz CT molecular complexity index is 198. The number of ether oxygens (including phenoxy) is 1. The van der Waals surface area contributed by atoms with Gasteiger partial charge in [0.15, 0.2) is 0 Å². The summed E-state index contributed by atoms with van der Waals surface area (Å²) in [4.78, 5) is 10.5. The van der Waals surface area contributed by atoms with Crippen LogP contribution in [0.3, 0.4) is 0 Å². The monoisotopic (exact) mass is 217 g/mol. The summed E-state index contributed by atoms with van der Waals surface area (Å²) in [6.07, 6.45) is 0.854. The van der Waals surface area contributed by atoms with Crippen LogP contribution in [0.5, 0.6) is 0 Å². The van der Waals surface area contributed by atoms with Gasteiger partial charge in [-0.2, -0.15) is 0 Å². The number of carboxylic acids is 1. The second kappa shape index (κ2) is 6.08. The molecule has 2 atom stereocenters. The lowest BCUT2D eigenvalue weighted by Gasteiger charge is -2.27. The van der Waals surface area contributed by atoms with Crippen LogP contribution in [0.25, 0.3) is 0 Å². The Balaban J connectivity index is 4.01. The van der Waals surface area contributed by atoms with E-state index in [0.29, 0.717) is 13.0 Å². The summed E-state index contributed by atoms with van der Waals surface area (Å²) >= 11 is 0. The standard InChI is InChI=1S/C11H23NO3/c1-8(15-11(2,3)4)5-9(7-12)6-10(13)14/h8-9H,5-7,12H2,1-4H3,(H,13,14)/t8-,9-/m0/s1. The average Bonchev–Trinajstić information content (AvgIpc) is 1.98. The van der Waals surface area contributed by atoms with E-state index in [9.17, 15) is 4.79 Å². The van der Waals surface area contributed by atoms with Crippen molar-refractivity contribution in [2.45, 2.75) is 52.2 Å². The topological polar surface area (TPSA) is 72.6 Å². The van der Waals surface area contributed by atoms with E-state index in [1.807, 2.05) is 27.7 Å². The lowest BCUT2D eigenvalue weighted by atomic mass is 9.98. The molecule has 0 amide bonds. The Hall–Kier alpha value is -0.610. The Labute approximate surface area is 91.8 Å². The molecular formula is C11H23NO3. The highest BCUT2D eigenvalue weighted by molar-refractivity contribution is 5.67. The molecule has 0 saturated carbocycles. The fourth-order valence-electron chi connectivity index (χ4n) is 1.63. The first-order chi connectivity index (χ1) is 6.74. The molecule has 3 N–H and O–H groups in total. The van der Waals surface area contributed by atoms with Crippen molar-refractivity contribution in [3.63, 3.8) is 0 Å². The second-order valence-corrected chi connectivity index (χ2v) is 4.98. The van der Waals surface area contributed by atoms with E-state index in [-0.39, 0.29) is 24.0 Å². The van der Waals surface area contributed by atoms with Gasteiger partial charge in [-0.05, 0) is 46.6 Å². The lowest BCUT2D eigenvalue weighted by Crippen LogP contribution is -2.29. The molecule has 0 radical (unpaired) electrons. The summed E-state index contributed by atoms with van der Waals surface area (Å²) in [5.74, 6) is -0.798. The highest BCUT2D eigenvalue weighted by Crippen LogP contribution is 2.18. The number of carboxylic acid groups (broad SMARTS) is 1. The van der Waals surface area contributed by atoms with E-state index in [2.05, 4.69) is 0 Å². The molecule has 0 spiro atoms. The largest absolute Gasteiger partial charge is 0.481 e. The zero-order valence-corrected chi connectivity index (χ0v) is 10.1. The maximum Gasteiger partial charge on any atom is 0.303 e. The van der Waals surface area contributed by atoms with Gasteiger partial charge >= 0.3 is 5.97 Å². The van der Waals surface area contributed by atoms with Crippen molar-refractivity contribution in [2.75, 3.05) is 6.54 Å². The maximum absolute atomic E-state index is 10.5. The second-order valence-electron chi connectivity index (χ2n) is 4.98. The fourth-order valence-corrected chi connectivity index (χ4v) is 1.63.